The van der Waals surface area contributed by atoms with E-state index < -0.39 is 18.5 Å². The molecule has 0 aromatic heterocycles. The summed E-state index contributed by atoms with van der Waals surface area (Å²) in [6.07, 6.45) is -0.323. The predicted molar refractivity (Wildman–Crippen MR) is 105 cm³/mol. The Morgan fingerprint density at radius 2 is 1.50 bits per heavy atom. The maximum atomic E-state index is 12.5. The summed E-state index contributed by atoms with van der Waals surface area (Å²) in [5, 5.41) is 1.71. The van der Waals surface area contributed by atoms with E-state index in [1.165, 1.54) is 0 Å². The Kier molecular flexibility index (Phi) is 5.97. The van der Waals surface area contributed by atoms with Crippen LogP contribution in [-0.4, -0.2) is 24.3 Å². The molecule has 0 aliphatic rings. The van der Waals surface area contributed by atoms with Gasteiger partial charge >= 0.3 is 11.9 Å². The number of fused-ring (bicyclic) bond motifs is 1. The summed E-state index contributed by atoms with van der Waals surface area (Å²) in [5.74, 6) is -1.39. The molecule has 140 valence electrons. The highest BCUT2D eigenvalue weighted by Gasteiger charge is 2.17. The Morgan fingerprint density at radius 3 is 2.29 bits per heavy atom. The highest BCUT2D eigenvalue weighted by molar-refractivity contribution is 6.09. The number of rotatable bonds is 7. The van der Waals surface area contributed by atoms with Gasteiger partial charge in [0, 0.05) is 11.1 Å². The Balaban J connectivity index is 1.55. The standard InChI is InChI=1S/C23H18O5/c1-16(14-22(25)28-18-10-3-2-4-11-18)23(26)27-15-21(24)20-13-7-9-17-8-5-6-12-19(17)20/h2-13H,1,14-15H2. The van der Waals surface area contributed by atoms with Gasteiger partial charge in [-0.15, -0.1) is 0 Å². The molecule has 28 heavy (non-hydrogen) atoms. The monoisotopic (exact) mass is 374 g/mol. The second-order valence-corrected chi connectivity index (χ2v) is 6.09. The van der Waals surface area contributed by atoms with E-state index in [-0.39, 0.29) is 17.8 Å². The van der Waals surface area contributed by atoms with E-state index in [1.807, 2.05) is 30.3 Å². The van der Waals surface area contributed by atoms with Gasteiger partial charge < -0.3 is 9.47 Å². The van der Waals surface area contributed by atoms with Crippen LogP contribution in [0.4, 0.5) is 0 Å². The van der Waals surface area contributed by atoms with Gasteiger partial charge in [-0.2, -0.15) is 0 Å². The average molecular weight is 374 g/mol. The SMILES string of the molecule is C=C(CC(=O)Oc1ccccc1)C(=O)OCC(=O)c1cccc2ccccc12. The molecule has 0 unspecified atom stereocenters. The van der Waals surface area contributed by atoms with Gasteiger partial charge in [0.05, 0.1) is 6.42 Å². The number of ketones is 1. The van der Waals surface area contributed by atoms with Crippen LogP contribution in [0.15, 0.2) is 84.9 Å². The fourth-order valence-corrected chi connectivity index (χ4v) is 2.68. The van der Waals surface area contributed by atoms with Crippen molar-refractivity contribution >= 4 is 28.5 Å². The number of hydrogen-bond donors (Lipinski definition) is 0. The minimum atomic E-state index is -0.807. The van der Waals surface area contributed by atoms with Crippen molar-refractivity contribution in [2.75, 3.05) is 6.61 Å². The van der Waals surface area contributed by atoms with E-state index in [1.54, 1.807) is 42.5 Å². The third kappa shape index (κ3) is 4.71. The molecule has 3 aromatic carbocycles. The molecule has 0 saturated heterocycles. The van der Waals surface area contributed by atoms with Gasteiger partial charge in [-0.25, -0.2) is 4.79 Å². The summed E-state index contributed by atoms with van der Waals surface area (Å²) < 4.78 is 10.1. The van der Waals surface area contributed by atoms with E-state index in [9.17, 15) is 14.4 Å². The van der Waals surface area contributed by atoms with Gasteiger partial charge in [0.1, 0.15) is 5.75 Å². The van der Waals surface area contributed by atoms with Crippen molar-refractivity contribution in [1.82, 2.24) is 0 Å². The topological polar surface area (TPSA) is 69.7 Å². The molecule has 0 radical (unpaired) electrons. The van der Waals surface area contributed by atoms with Gasteiger partial charge in [-0.1, -0.05) is 67.2 Å². The molecule has 5 nitrogen and oxygen atoms in total. The lowest BCUT2D eigenvalue weighted by molar-refractivity contribution is -0.141. The molecule has 0 aliphatic carbocycles. The van der Waals surface area contributed by atoms with Crippen LogP contribution in [0.2, 0.25) is 0 Å². The number of para-hydroxylation sites is 1. The molecule has 0 fully saturated rings. The van der Waals surface area contributed by atoms with E-state index in [0.717, 1.165) is 10.8 Å². The van der Waals surface area contributed by atoms with Crippen LogP contribution in [0.3, 0.4) is 0 Å². The van der Waals surface area contributed by atoms with Crippen molar-refractivity contribution in [2.24, 2.45) is 0 Å². The molecule has 3 aromatic rings. The molecule has 0 atom stereocenters. The lowest BCUT2D eigenvalue weighted by Crippen LogP contribution is -2.18. The van der Waals surface area contributed by atoms with Crippen LogP contribution in [0.25, 0.3) is 10.8 Å². The Labute approximate surface area is 162 Å². The minimum Gasteiger partial charge on any atom is -0.454 e. The first-order chi connectivity index (χ1) is 13.5. The van der Waals surface area contributed by atoms with Crippen molar-refractivity contribution in [3.63, 3.8) is 0 Å². The number of benzene rings is 3. The van der Waals surface area contributed by atoms with Crippen LogP contribution in [-0.2, 0) is 14.3 Å². The maximum absolute atomic E-state index is 12.5. The summed E-state index contributed by atoms with van der Waals surface area (Å²) in [5.41, 5.74) is 0.395. The number of ether oxygens (including phenoxy) is 2. The zero-order chi connectivity index (χ0) is 19.9. The molecule has 0 spiro atoms. The highest BCUT2D eigenvalue weighted by Crippen LogP contribution is 2.19. The fourth-order valence-electron chi connectivity index (χ4n) is 2.68. The number of Topliss-reactive ketones (excluding diaryl/α,β-unsaturated/α-hetero) is 1. The summed E-state index contributed by atoms with van der Waals surface area (Å²) in [7, 11) is 0. The summed E-state index contributed by atoms with van der Waals surface area (Å²) in [6, 6.07) is 21.3. The Bertz CT molecular complexity index is 1030. The van der Waals surface area contributed by atoms with Crippen LogP contribution < -0.4 is 4.74 Å². The lowest BCUT2D eigenvalue weighted by atomic mass is 10.0. The molecule has 0 N–H and O–H groups in total. The molecular weight excluding hydrogens is 356 g/mol. The molecular formula is C23H18O5. The summed E-state index contributed by atoms with van der Waals surface area (Å²) in [6.45, 7) is 3.12. The third-order valence-electron chi connectivity index (χ3n) is 4.05. The van der Waals surface area contributed by atoms with Gasteiger partial charge in [0.25, 0.3) is 0 Å². The van der Waals surface area contributed by atoms with Gasteiger partial charge in [-0.05, 0) is 22.9 Å². The lowest BCUT2D eigenvalue weighted by Gasteiger charge is -2.08. The molecule has 0 aliphatic heterocycles. The van der Waals surface area contributed by atoms with Crippen molar-refractivity contribution < 1.29 is 23.9 Å². The van der Waals surface area contributed by atoms with E-state index >= 15 is 0 Å². The van der Waals surface area contributed by atoms with Gasteiger partial charge in [0.2, 0.25) is 5.78 Å². The Hall–Kier alpha value is -3.73. The third-order valence-corrected chi connectivity index (χ3v) is 4.05. The minimum absolute atomic E-state index is 0.0772. The second-order valence-electron chi connectivity index (χ2n) is 6.09. The Morgan fingerprint density at radius 1 is 0.821 bits per heavy atom. The number of hydrogen-bond acceptors (Lipinski definition) is 5. The molecule has 0 bridgehead atoms. The second kappa shape index (κ2) is 8.77. The van der Waals surface area contributed by atoms with Crippen molar-refractivity contribution in [3.8, 4) is 5.75 Å². The van der Waals surface area contributed by atoms with Crippen LogP contribution >= 0.6 is 0 Å². The zero-order valence-electron chi connectivity index (χ0n) is 15.1. The van der Waals surface area contributed by atoms with Crippen LogP contribution in [0.1, 0.15) is 16.8 Å². The quantitative estimate of drug-likeness (QED) is 0.269. The van der Waals surface area contributed by atoms with E-state index in [4.69, 9.17) is 9.47 Å². The fraction of sp³-hybridized carbons (Fsp3) is 0.0870. The van der Waals surface area contributed by atoms with Crippen molar-refractivity contribution in [2.45, 2.75) is 6.42 Å². The smallest absolute Gasteiger partial charge is 0.334 e. The summed E-state index contributed by atoms with van der Waals surface area (Å²) in [4.78, 5) is 36.4. The summed E-state index contributed by atoms with van der Waals surface area (Å²) >= 11 is 0. The van der Waals surface area contributed by atoms with Crippen LogP contribution in [0, 0.1) is 0 Å². The number of esters is 2. The molecule has 0 heterocycles. The first kappa shape index (κ1) is 19.0. The van der Waals surface area contributed by atoms with Crippen molar-refractivity contribution in [1.29, 1.82) is 0 Å². The molecule has 0 saturated carbocycles. The van der Waals surface area contributed by atoms with Crippen LogP contribution in [0.5, 0.6) is 5.75 Å². The average Bonchev–Trinajstić information content (AvgIpc) is 2.71. The van der Waals surface area contributed by atoms with Gasteiger partial charge in [0.15, 0.2) is 6.61 Å². The predicted octanol–water partition coefficient (Wildman–Crippen LogP) is 4.12. The molecule has 3 rings (SSSR count). The van der Waals surface area contributed by atoms with Crippen molar-refractivity contribution in [3.05, 3.63) is 90.5 Å². The normalized spacial score (nSPS) is 10.3. The highest BCUT2D eigenvalue weighted by atomic mass is 16.5. The molecule has 0 amide bonds. The maximum Gasteiger partial charge on any atom is 0.334 e. The molecule has 5 heteroatoms. The number of carbonyl (C=O) groups excluding carboxylic acids is 3. The number of carbonyl (C=O) groups is 3. The first-order valence-corrected chi connectivity index (χ1v) is 8.66. The van der Waals surface area contributed by atoms with Gasteiger partial charge in [-0.3, -0.25) is 9.59 Å². The zero-order valence-corrected chi connectivity index (χ0v) is 15.1. The van der Waals surface area contributed by atoms with E-state index in [2.05, 4.69) is 6.58 Å². The first-order valence-electron chi connectivity index (χ1n) is 8.66. The van der Waals surface area contributed by atoms with E-state index in [0.29, 0.717) is 11.3 Å². The largest absolute Gasteiger partial charge is 0.454 e.